The summed E-state index contributed by atoms with van der Waals surface area (Å²) >= 11 is 18.6. The van der Waals surface area contributed by atoms with E-state index in [1.165, 1.54) is 23.1 Å². The van der Waals surface area contributed by atoms with Gasteiger partial charge in [-0.25, -0.2) is 8.42 Å². The monoisotopic (exact) mass is 637 g/mol. The molecule has 0 saturated heterocycles. The number of nitrogens with one attached hydrogen (secondary N) is 1. The molecular formula is C30H34Cl3N3O4S. The van der Waals surface area contributed by atoms with E-state index in [1.54, 1.807) is 56.3 Å². The zero-order chi connectivity index (χ0) is 30.3. The van der Waals surface area contributed by atoms with Gasteiger partial charge in [0.1, 0.15) is 12.6 Å². The number of nitrogens with zero attached hydrogens (tertiary/aromatic N) is 2. The van der Waals surface area contributed by atoms with Crippen LogP contribution in [0.25, 0.3) is 0 Å². The number of benzene rings is 3. The molecule has 0 fully saturated rings. The van der Waals surface area contributed by atoms with Gasteiger partial charge >= 0.3 is 0 Å². The van der Waals surface area contributed by atoms with Gasteiger partial charge in [0.15, 0.2) is 0 Å². The van der Waals surface area contributed by atoms with E-state index in [0.29, 0.717) is 39.2 Å². The number of amides is 2. The summed E-state index contributed by atoms with van der Waals surface area (Å²) in [5, 5.41) is 3.84. The van der Waals surface area contributed by atoms with E-state index in [4.69, 9.17) is 34.8 Å². The zero-order valence-electron chi connectivity index (χ0n) is 23.5. The maximum atomic E-state index is 14.1. The molecule has 0 saturated carbocycles. The van der Waals surface area contributed by atoms with E-state index in [1.807, 2.05) is 13.8 Å². The van der Waals surface area contributed by atoms with E-state index in [0.717, 1.165) is 16.3 Å². The van der Waals surface area contributed by atoms with Gasteiger partial charge < -0.3 is 10.2 Å². The maximum Gasteiger partial charge on any atom is 0.264 e. The van der Waals surface area contributed by atoms with Crippen molar-refractivity contribution >= 4 is 62.3 Å². The van der Waals surface area contributed by atoms with Gasteiger partial charge in [0.25, 0.3) is 10.0 Å². The third-order valence-corrected chi connectivity index (χ3v) is 9.35. The van der Waals surface area contributed by atoms with Gasteiger partial charge in [-0.15, -0.1) is 0 Å². The molecule has 0 bridgehead atoms. The minimum absolute atomic E-state index is 0.0146. The van der Waals surface area contributed by atoms with Crippen molar-refractivity contribution in [3.8, 4) is 0 Å². The van der Waals surface area contributed by atoms with Crippen molar-refractivity contribution in [3.63, 3.8) is 0 Å². The van der Waals surface area contributed by atoms with Crippen molar-refractivity contribution in [2.45, 2.75) is 58.0 Å². The van der Waals surface area contributed by atoms with Gasteiger partial charge in [0.05, 0.1) is 20.6 Å². The topological polar surface area (TPSA) is 86.8 Å². The Balaban J connectivity index is 2.11. The second-order valence-electron chi connectivity index (χ2n) is 9.74. The number of halogens is 3. The Morgan fingerprint density at radius 1 is 0.902 bits per heavy atom. The van der Waals surface area contributed by atoms with E-state index in [2.05, 4.69) is 5.32 Å². The SMILES string of the molecule is CCCNC(=O)[C@@H](CC)N(Cc1ccc(Cl)c(Cl)c1)C(=O)CN(c1cc(Cl)ccc1C)S(=O)(=O)c1ccc(C)cc1. The number of carbonyl (C=O) groups excluding carboxylic acids is 2. The van der Waals surface area contributed by atoms with Crippen molar-refractivity contribution in [1.29, 1.82) is 0 Å². The first kappa shape index (κ1) is 32.7. The minimum atomic E-state index is -4.20. The van der Waals surface area contributed by atoms with Crippen LogP contribution in [0.5, 0.6) is 0 Å². The highest BCUT2D eigenvalue weighted by Crippen LogP contribution is 2.30. The lowest BCUT2D eigenvalue weighted by Gasteiger charge is -2.33. The number of aryl methyl sites for hydroxylation is 2. The van der Waals surface area contributed by atoms with Gasteiger partial charge in [0.2, 0.25) is 11.8 Å². The number of sulfonamides is 1. The van der Waals surface area contributed by atoms with Crippen LogP contribution < -0.4 is 9.62 Å². The highest BCUT2D eigenvalue weighted by molar-refractivity contribution is 7.92. The molecule has 1 N–H and O–H groups in total. The van der Waals surface area contributed by atoms with Gasteiger partial charge in [-0.3, -0.25) is 13.9 Å². The summed E-state index contributed by atoms with van der Waals surface area (Å²) in [5.41, 5.74) is 2.41. The maximum absolute atomic E-state index is 14.1. The fraction of sp³-hybridized carbons (Fsp3) is 0.333. The Labute approximate surface area is 257 Å². The van der Waals surface area contributed by atoms with Crippen molar-refractivity contribution in [3.05, 3.63) is 92.4 Å². The number of anilines is 1. The lowest BCUT2D eigenvalue weighted by atomic mass is 10.1. The summed E-state index contributed by atoms with van der Waals surface area (Å²) in [6.45, 7) is 7.23. The standard InChI is InChI=1S/C30H34Cl3N3O4S/c1-5-15-34-30(38)27(6-2)35(18-22-10-14-25(32)26(33)16-22)29(37)19-36(28-17-23(31)11-9-21(28)4)41(39,40)24-12-7-20(3)8-13-24/h7-14,16-17,27H,5-6,15,18-19H2,1-4H3,(H,34,38)/t27-/m1/s1. The van der Waals surface area contributed by atoms with Crippen molar-refractivity contribution < 1.29 is 18.0 Å². The van der Waals surface area contributed by atoms with Crippen LogP contribution >= 0.6 is 34.8 Å². The molecule has 0 aliphatic rings. The number of hydrogen-bond acceptors (Lipinski definition) is 4. The van der Waals surface area contributed by atoms with Crippen LogP contribution in [-0.4, -0.2) is 44.3 Å². The molecule has 0 spiro atoms. The first-order valence-corrected chi connectivity index (χ1v) is 15.8. The molecule has 0 aromatic heterocycles. The van der Waals surface area contributed by atoms with E-state index in [9.17, 15) is 18.0 Å². The molecule has 7 nitrogen and oxygen atoms in total. The highest BCUT2D eigenvalue weighted by atomic mass is 35.5. The van der Waals surface area contributed by atoms with Gasteiger partial charge in [-0.2, -0.15) is 0 Å². The fourth-order valence-electron chi connectivity index (χ4n) is 4.32. The molecular weight excluding hydrogens is 605 g/mol. The fourth-order valence-corrected chi connectivity index (χ4v) is 6.28. The molecule has 0 radical (unpaired) electrons. The van der Waals surface area contributed by atoms with Crippen molar-refractivity contribution in [1.82, 2.24) is 10.2 Å². The zero-order valence-corrected chi connectivity index (χ0v) is 26.5. The van der Waals surface area contributed by atoms with Crippen molar-refractivity contribution in [2.75, 3.05) is 17.4 Å². The molecule has 11 heteroatoms. The van der Waals surface area contributed by atoms with Crippen LogP contribution in [0.3, 0.4) is 0 Å². The van der Waals surface area contributed by atoms with Gasteiger partial charge in [0, 0.05) is 18.1 Å². The van der Waals surface area contributed by atoms with E-state index in [-0.39, 0.29) is 23.0 Å². The normalized spacial score (nSPS) is 12.1. The molecule has 220 valence electrons. The minimum Gasteiger partial charge on any atom is -0.354 e. The second kappa shape index (κ2) is 14.4. The van der Waals surface area contributed by atoms with Crippen molar-refractivity contribution in [2.24, 2.45) is 0 Å². The summed E-state index contributed by atoms with van der Waals surface area (Å²) in [4.78, 5) is 28.7. The Kier molecular flexibility index (Phi) is 11.5. The van der Waals surface area contributed by atoms with Crippen LogP contribution in [0.2, 0.25) is 15.1 Å². The summed E-state index contributed by atoms with van der Waals surface area (Å²) in [5.74, 6) is -0.890. The highest BCUT2D eigenvalue weighted by Gasteiger charge is 2.34. The molecule has 2 amide bonds. The smallest absolute Gasteiger partial charge is 0.264 e. The lowest BCUT2D eigenvalue weighted by Crippen LogP contribution is -2.52. The molecule has 0 unspecified atom stereocenters. The summed E-state index contributed by atoms with van der Waals surface area (Å²) in [7, 11) is -4.20. The Hall–Kier alpha value is -2.78. The number of rotatable bonds is 12. The van der Waals surface area contributed by atoms with E-state index >= 15 is 0 Å². The largest absolute Gasteiger partial charge is 0.354 e. The first-order chi connectivity index (χ1) is 19.4. The summed E-state index contributed by atoms with van der Waals surface area (Å²) in [6.07, 6.45) is 1.03. The second-order valence-corrected chi connectivity index (χ2v) is 12.9. The van der Waals surface area contributed by atoms with Gasteiger partial charge in [-0.1, -0.05) is 78.5 Å². The number of hydrogen-bond donors (Lipinski definition) is 1. The molecule has 41 heavy (non-hydrogen) atoms. The third kappa shape index (κ3) is 8.16. The van der Waals surface area contributed by atoms with Crippen LogP contribution in [0.1, 0.15) is 43.4 Å². The Morgan fingerprint density at radius 3 is 2.20 bits per heavy atom. The molecule has 3 rings (SSSR count). The molecule has 1 atom stereocenters. The predicted octanol–water partition coefficient (Wildman–Crippen LogP) is 6.79. The quantitative estimate of drug-likeness (QED) is 0.237. The first-order valence-electron chi connectivity index (χ1n) is 13.3. The molecule has 0 aliphatic heterocycles. The molecule has 0 aliphatic carbocycles. The summed E-state index contributed by atoms with van der Waals surface area (Å²) < 4.78 is 29.1. The van der Waals surface area contributed by atoms with E-state index < -0.39 is 28.5 Å². The average Bonchev–Trinajstić information content (AvgIpc) is 2.93. The third-order valence-electron chi connectivity index (χ3n) is 6.60. The lowest BCUT2D eigenvalue weighted by molar-refractivity contribution is -0.140. The van der Waals surface area contributed by atoms with Crippen LogP contribution in [0.15, 0.2) is 65.6 Å². The molecule has 3 aromatic carbocycles. The van der Waals surface area contributed by atoms with Crippen LogP contribution in [0.4, 0.5) is 5.69 Å². The Bertz CT molecular complexity index is 1500. The Morgan fingerprint density at radius 2 is 1.59 bits per heavy atom. The van der Waals surface area contributed by atoms with Crippen LogP contribution in [0, 0.1) is 13.8 Å². The summed E-state index contributed by atoms with van der Waals surface area (Å²) in [6, 6.07) is 15.4. The average molecular weight is 639 g/mol. The predicted molar refractivity (Wildman–Crippen MR) is 166 cm³/mol. The van der Waals surface area contributed by atoms with Gasteiger partial charge in [-0.05, 0) is 74.2 Å². The molecule has 3 aromatic rings. The van der Waals surface area contributed by atoms with Crippen LogP contribution in [-0.2, 0) is 26.2 Å². The molecule has 0 heterocycles. The number of carbonyl (C=O) groups is 2.